The zero-order valence-electron chi connectivity index (χ0n) is 12.7. The van der Waals surface area contributed by atoms with Gasteiger partial charge in [0.25, 0.3) is 17.4 Å². The quantitative estimate of drug-likeness (QED) is 0.517. The Kier molecular flexibility index (Phi) is 2.80. The predicted molar refractivity (Wildman–Crippen MR) is 88.3 cm³/mol. The number of para-hydroxylation sites is 1. The van der Waals surface area contributed by atoms with E-state index in [1.165, 1.54) is 10.9 Å². The fourth-order valence-electron chi connectivity index (χ4n) is 3.08. The van der Waals surface area contributed by atoms with Crippen molar-refractivity contribution >= 4 is 28.3 Å². The lowest BCUT2D eigenvalue weighted by molar-refractivity contribution is 0.0880. The molecule has 0 radical (unpaired) electrons. The Bertz CT molecular complexity index is 1100. The van der Waals surface area contributed by atoms with E-state index in [9.17, 15) is 14.4 Å². The van der Waals surface area contributed by atoms with Gasteiger partial charge in [0.15, 0.2) is 0 Å². The maximum Gasteiger partial charge on any atom is 0.281 e. The maximum atomic E-state index is 12.9. The lowest BCUT2D eigenvalue weighted by Crippen LogP contribution is -2.23. The summed E-state index contributed by atoms with van der Waals surface area (Å²) in [5.41, 5.74) is 7.03. The predicted octanol–water partition coefficient (Wildman–Crippen LogP) is 1.16. The molecule has 4 rings (SSSR count). The topological polar surface area (TPSA) is 107 Å². The Labute approximate surface area is 135 Å². The summed E-state index contributed by atoms with van der Waals surface area (Å²) in [6, 6.07) is 8.89. The van der Waals surface area contributed by atoms with E-state index in [-0.39, 0.29) is 22.2 Å². The number of hydrogen-bond donors (Lipinski definition) is 2. The average molecular weight is 320 g/mol. The summed E-state index contributed by atoms with van der Waals surface area (Å²) in [5, 5.41) is 7.05. The van der Waals surface area contributed by atoms with Crippen LogP contribution in [-0.4, -0.2) is 21.6 Å². The summed E-state index contributed by atoms with van der Waals surface area (Å²) in [6.07, 6.45) is 1.49. The first-order valence-corrected chi connectivity index (χ1v) is 7.26. The van der Waals surface area contributed by atoms with Crippen LogP contribution < -0.4 is 16.6 Å². The molecule has 0 saturated heterocycles. The van der Waals surface area contributed by atoms with Gasteiger partial charge in [0, 0.05) is 5.39 Å². The number of carbonyl (C=O) groups is 2. The Morgan fingerprint density at radius 3 is 2.42 bits per heavy atom. The molecule has 0 atom stereocenters. The molecule has 2 aromatic carbocycles. The third-order valence-corrected chi connectivity index (χ3v) is 4.23. The molecule has 1 aromatic heterocycles. The number of aromatic nitrogens is 2. The minimum Gasteiger partial charge on any atom is -0.397 e. The van der Waals surface area contributed by atoms with Crippen LogP contribution in [0.3, 0.4) is 0 Å². The van der Waals surface area contributed by atoms with Crippen LogP contribution >= 0.6 is 0 Å². The second-order valence-corrected chi connectivity index (χ2v) is 5.56. The molecule has 1 aliphatic heterocycles. The number of aryl methyl sites for hydroxylation is 1. The van der Waals surface area contributed by atoms with Gasteiger partial charge in [-0.05, 0) is 24.6 Å². The number of hydrogen-bond acceptors (Lipinski definition) is 5. The van der Waals surface area contributed by atoms with Crippen LogP contribution in [0.5, 0.6) is 0 Å². The highest BCUT2D eigenvalue weighted by molar-refractivity contribution is 6.27. The van der Waals surface area contributed by atoms with E-state index in [0.29, 0.717) is 16.6 Å². The van der Waals surface area contributed by atoms with Gasteiger partial charge in [-0.15, -0.1) is 0 Å². The molecule has 2 amide bonds. The molecule has 24 heavy (non-hydrogen) atoms. The summed E-state index contributed by atoms with van der Waals surface area (Å²) in [6.45, 7) is 1.67. The van der Waals surface area contributed by atoms with Crippen molar-refractivity contribution in [2.24, 2.45) is 0 Å². The van der Waals surface area contributed by atoms with Crippen LogP contribution in [0.4, 0.5) is 5.69 Å². The van der Waals surface area contributed by atoms with Gasteiger partial charge in [0.05, 0.1) is 34.1 Å². The smallest absolute Gasteiger partial charge is 0.281 e. The fraction of sp³-hybridized carbons (Fsp3) is 0.0588. The van der Waals surface area contributed by atoms with Crippen LogP contribution in [0.1, 0.15) is 26.3 Å². The summed E-state index contributed by atoms with van der Waals surface area (Å²) in [4.78, 5) is 36.9. The number of nitrogens with two attached hydrogens (primary N) is 1. The van der Waals surface area contributed by atoms with Crippen molar-refractivity contribution in [3.8, 4) is 5.69 Å². The van der Waals surface area contributed by atoms with E-state index >= 15 is 0 Å². The molecule has 1 aliphatic rings. The molecule has 0 spiro atoms. The number of nitrogen functional groups attached to an aromatic ring is 1. The molecule has 118 valence electrons. The maximum absolute atomic E-state index is 12.9. The van der Waals surface area contributed by atoms with Crippen LogP contribution in [0.2, 0.25) is 0 Å². The van der Waals surface area contributed by atoms with Gasteiger partial charge in [-0.25, -0.2) is 0 Å². The molecule has 2 heterocycles. The Morgan fingerprint density at radius 1 is 1.04 bits per heavy atom. The van der Waals surface area contributed by atoms with Crippen molar-refractivity contribution < 1.29 is 9.59 Å². The largest absolute Gasteiger partial charge is 0.397 e. The number of nitrogens with zero attached hydrogens (tertiary/aromatic N) is 2. The van der Waals surface area contributed by atoms with Gasteiger partial charge in [0.2, 0.25) is 0 Å². The standard InChI is InChI=1S/C17H12N4O3/c1-8-10-7-19-21(9-5-3-2-4-6-9)17(24)12(10)14(18)13-11(8)15(22)20-16(13)23/h2-7H,18H2,1H3,(H,20,22,23). The molecular formula is C17H12N4O3. The Hall–Kier alpha value is -3.48. The number of anilines is 1. The van der Waals surface area contributed by atoms with Crippen molar-refractivity contribution in [1.29, 1.82) is 0 Å². The average Bonchev–Trinajstić information content (AvgIpc) is 2.88. The van der Waals surface area contributed by atoms with E-state index in [0.717, 1.165) is 0 Å². The summed E-state index contributed by atoms with van der Waals surface area (Å²) >= 11 is 0. The highest BCUT2D eigenvalue weighted by atomic mass is 16.2. The highest BCUT2D eigenvalue weighted by Gasteiger charge is 2.33. The number of nitrogens with one attached hydrogen (secondary N) is 1. The Balaban J connectivity index is 2.15. The van der Waals surface area contributed by atoms with Crippen molar-refractivity contribution in [2.45, 2.75) is 6.92 Å². The van der Waals surface area contributed by atoms with Crippen molar-refractivity contribution in [1.82, 2.24) is 15.1 Å². The molecule has 7 heteroatoms. The van der Waals surface area contributed by atoms with Crippen molar-refractivity contribution in [3.63, 3.8) is 0 Å². The lowest BCUT2D eigenvalue weighted by Gasteiger charge is -2.12. The number of fused-ring (bicyclic) bond motifs is 2. The van der Waals surface area contributed by atoms with Gasteiger partial charge < -0.3 is 5.73 Å². The van der Waals surface area contributed by atoms with E-state index in [1.54, 1.807) is 31.2 Å². The van der Waals surface area contributed by atoms with Crippen LogP contribution in [0.25, 0.3) is 16.5 Å². The molecule has 3 aromatic rings. The summed E-state index contributed by atoms with van der Waals surface area (Å²) in [5.74, 6) is -1.09. The first kappa shape index (κ1) is 14.1. The van der Waals surface area contributed by atoms with E-state index in [2.05, 4.69) is 10.4 Å². The van der Waals surface area contributed by atoms with Crippen molar-refractivity contribution in [2.75, 3.05) is 5.73 Å². The Morgan fingerprint density at radius 2 is 1.71 bits per heavy atom. The van der Waals surface area contributed by atoms with Gasteiger partial charge >= 0.3 is 0 Å². The van der Waals surface area contributed by atoms with E-state index in [4.69, 9.17) is 5.73 Å². The number of amides is 2. The van der Waals surface area contributed by atoms with Gasteiger partial charge in [-0.1, -0.05) is 18.2 Å². The number of benzene rings is 2. The zero-order valence-corrected chi connectivity index (χ0v) is 12.7. The molecule has 0 fully saturated rings. The molecule has 0 bridgehead atoms. The first-order chi connectivity index (χ1) is 11.5. The normalized spacial score (nSPS) is 13.2. The number of carbonyl (C=O) groups excluding carboxylic acids is 2. The van der Waals surface area contributed by atoms with Gasteiger partial charge in [-0.3, -0.25) is 19.7 Å². The molecule has 0 saturated carbocycles. The summed E-state index contributed by atoms with van der Waals surface area (Å²) in [7, 11) is 0. The third-order valence-electron chi connectivity index (χ3n) is 4.23. The van der Waals surface area contributed by atoms with Gasteiger partial charge in [-0.2, -0.15) is 9.78 Å². The molecular weight excluding hydrogens is 308 g/mol. The lowest BCUT2D eigenvalue weighted by atomic mass is 9.96. The molecule has 7 nitrogen and oxygen atoms in total. The minimum absolute atomic E-state index is 0.00558. The monoisotopic (exact) mass is 320 g/mol. The van der Waals surface area contributed by atoms with Crippen molar-refractivity contribution in [3.05, 3.63) is 63.6 Å². The number of rotatable bonds is 1. The molecule has 0 unspecified atom stereocenters. The van der Waals surface area contributed by atoms with Gasteiger partial charge in [0.1, 0.15) is 0 Å². The molecule has 0 aliphatic carbocycles. The molecule has 3 N–H and O–H groups in total. The minimum atomic E-state index is -0.583. The summed E-state index contributed by atoms with van der Waals surface area (Å²) < 4.78 is 1.22. The SMILES string of the molecule is Cc1c2c(c(N)c3c(=O)n(-c4ccccc4)ncc13)C(=O)NC2=O. The van der Waals surface area contributed by atoms with E-state index in [1.807, 2.05) is 6.07 Å². The van der Waals surface area contributed by atoms with Crippen LogP contribution in [-0.2, 0) is 0 Å². The highest BCUT2D eigenvalue weighted by Crippen LogP contribution is 2.32. The third kappa shape index (κ3) is 1.72. The second-order valence-electron chi connectivity index (χ2n) is 5.56. The fourth-order valence-corrected chi connectivity index (χ4v) is 3.08. The number of imide groups is 1. The first-order valence-electron chi connectivity index (χ1n) is 7.26. The van der Waals surface area contributed by atoms with Crippen LogP contribution in [0, 0.1) is 6.92 Å². The van der Waals surface area contributed by atoms with Crippen LogP contribution in [0.15, 0.2) is 41.3 Å². The second kappa shape index (κ2) is 4.76. The zero-order chi connectivity index (χ0) is 17.0. The van der Waals surface area contributed by atoms with E-state index < -0.39 is 17.4 Å².